The first kappa shape index (κ1) is 18.9. The lowest BCUT2D eigenvalue weighted by Gasteiger charge is -2.17. The minimum atomic E-state index is -3.69. The van der Waals surface area contributed by atoms with Gasteiger partial charge in [-0.15, -0.1) is 0 Å². The molecule has 0 radical (unpaired) electrons. The van der Waals surface area contributed by atoms with E-state index in [-0.39, 0.29) is 17.3 Å². The number of hydrogen-bond donors (Lipinski definition) is 1. The summed E-state index contributed by atoms with van der Waals surface area (Å²) in [5, 5.41) is 0. The first-order valence-corrected chi connectivity index (χ1v) is 9.82. The lowest BCUT2D eigenvalue weighted by atomic mass is 10.1. The maximum Gasteiger partial charge on any atom is 0.258 e. The number of furan rings is 1. The summed E-state index contributed by atoms with van der Waals surface area (Å²) >= 11 is 0. The lowest BCUT2D eigenvalue weighted by molar-refractivity contribution is 0.0993. The minimum Gasteiger partial charge on any atom is -0.468 e. The molecule has 1 amide bonds. The van der Waals surface area contributed by atoms with Crippen LogP contribution in [0.1, 0.15) is 21.7 Å². The van der Waals surface area contributed by atoms with Gasteiger partial charge in [-0.2, -0.15) is 0 Å². The summed E-state index contributed by atoms with van der Waals surface area (Å²) in [6, 6.07) is 16.8. The Balaban J connectivity index is 1.72. The summed E-state index contributed by atoms with van der Waals surface area (Å²) in [5.74, 6) is 0.302. The third kappa shape index (κ3) is 4.45. The van der Waals surface area contributed by atoms with Crippen LogP contribution >= 0.6 is 0 Å². The van der Waals surface area contributed by atoms with Gasteiger partial charge in [0, 0.05) is 18.3 Å². The van der Waals surface area contributed by atoms with Crippen LogP contribution in [0, 0.1) is 6.92 Å². The van der Waals surface area contributed by atoms with Crippen molar-refractivity contribution in [3.8, 4) is 0 Å². The van der Waals surface area contributed by atoms with E-state index in [1.54, 1.807) is 19.2 Å². The van der Waals surface area contributed by atoms with E-state index in [9.17, 15) is 13.2 Å². The molecule has 0 fully saturated rings. The van der Waals surface area contributed by atoms with Gasteiger partial charge in [-0.3, -0.25) is 4.79 Å². The van der Waals surface area contributed by atoms with E-state index in [1.807, 2.05) is 31.2 Å². The van der Waals surface area contributed by atoms with E-state index < -0.39 is 10.0 Å². The summed E-state index contributed by atoms with van der Waals surface area (Å²) in [6.45, 7) is 2.04. The van der Waals surface area contributed by atoms with Gasteiger partial charge in [0.15, 0.2) is 0 Å². The molecule has 0 aliphatic carbocycles. The summed E-state index contributed by atoms with van der Waals surface area (Å²) < 4.78 is 32.3. The number of amides is 1. The third-order valence-electron chi connectivity index (χ3n) is 4.15. The monoisotopic (exact) mass is 384 g/mol. The Hall–Kier alpha value is -2.90. The number of carbonyl (C=O) groups excluding carboxylic acids is 1. The maximum absolute atomic E-state index is 12.6. The molecule has 27 heavy (non-hydrogen) atoms. The molecule has 1 N–H and O–H groups in total. The largest absolute Gasteiger partial charge is 0.468 e. The fraction of sp³-hybridized carbons (Fsp3) is 0.150. The lowest BCUT2D eigenvalue weighted by Crippen LogP contribution is -2.26. The zero-order chi connectivity index (χ0) is 19.4. The van der Waals surface area contributed by atoms with Crippen LogP contribution in [0.2, 0.25) is 0 Å². The van der Waals surface area contributed by atoms with E-state index in [0.29, 0.717) is 11.3 Å². The van der Waals surface area contributed by atoms with Gasteiger partial charge in [0.05, 0.1) is 17.7 Å². The van der Waals surface area contributed by atoms with Gasteiger partial charge in [-0.1, -0.05) is 17.7 Å². The van der Waals surface area contributed by atoms with Crippen molar-refractivity contribution in [1.29, 1.82) is 0 Å². The highest BCUT2D eigenvalue weighted by atomic mass is 32.2. The minimum absolute atomic E-state index is 0.0617. The standard InChI is InChI=1S/C20H20N2O4S/c1-15-5-9-17(10-6-15)22(2)20(23)16-7-11-19(12-8-16)27(24,25)21-14-18-4-3-13-26-18/h3-13,21H,14H2,1-2H3. The van der Waals surface area contributed by atoms with Crippen LogP contribution in [0.3, 0.4) is 0 Å². The topological polar surface area (TPSA) is 79.6 Å². The molecule has 7 heteroatoms. The van der Waals surface area contributed by atoms with Gasteiger partial charge in [0.25, 0.3) is 5.91 Å². The fourth-order valence-corrected chi connectivity index (χ4v) is 3.51. The number of benzene rings is 2. The number of aryl methyl sites for hydroxylation is 1. The zero-order valence-corrected chi connectivity index (χ0v) is 15.9. The molecule has 1 aromatic heterocycles. The number of anilines is 1. The average Bonchev–Trinajstić information content (AvgIpc) is 3.20. The van der Waals surface area contributed by atoms with Gasteiger partial charge in [0.1, 0.15) is 5.76 Å². The second kappa shape index (κ2) is 7.77. The van der Waals surface area contributed by atoms with Crippen LogP contribution in [0.4, 0.5) is 5.69 Å². The van der Waals surface area contributed by atoms with Crippen LogP contribution in [0.25, 0.3) is 0 Å². The normalized spacial score (nSPS) is 11.3. The van der Waals surface area contributed by atoms with E-state index >= 15 is 0 Å². The molecule has 0 aliphatic rings. The Morgan fingerprint density at radius 1 is 1.04 bits per heavy atom. The number of hydrogen-bond acceptors (Lipinski definition) is 4. The number of carbonyl (C=O) groups is 1. The molecule has 3 rings (SSSR count). The van der Waals surface area contributed by atoms with Crippen molar-refractivity contribution >= 4 is 21.6 Å². The first-order valence-electron chi connectivity index (χ1n) is 8.34. The maximum atomic E-state index is 12.6. The predicted octanol–water partition coefficient (Wildman–Crippen LogP) is 3.34. The molecule has 0 saturated heterocycles. The van der Waals surface area contributed by atoms with Crippen molar-refractivity contribution in [2.45, 2.75) is 18.4 Å². The molecule has 3 aromatic rings. The molecule has 0 aliphatic heterocycles. The highest BCUT2D eigenvalue weighted by Gasteiger charge is 2.17. The van der Waals surface area contributed by atoms with Crippen molar-refractivity contribution in [3.05, 3.63) is 83.8 Å². The SMILES string of the molecule is Cc1ccc(N(C)C(=O)c2ccc(S(=O)(=O)NCc3ccco3)cc2)cc1. The molecule has 140 valence electrons. The second-order valence-electron chi connectivity index (χ2n) is 6.13. The van der Waals surface area contributed by atoms with E-state index in [1.165, 1.54) is 35.4 Å². The van der Waals surface area contributed by atoms with E-state index in [0.717, 1.165) is 11.3 Å². The summed E-state index contributed by atoms with van der Waals surface area (Å²) in [7, 11) is -2.01. The predicted molar refractivity (Wildman–Crippen MR) is 103 cm³/mol. The Labute approximate surface area is 158 Å². The van der Waals surface area contributed by atoms with Crippen LogP contribution in [-0.4, -0.2) is 21.4 Å². The summed E-state index contributed by atoms with van der Waals surface area (Å²) in [5.41, 5.74) is 2.28. The Bertz CT molecular complexity index is 1010. The Kier molecular flexibility index (Phi) is 5.43. The first-order chi connectivity index (χ1) is 12.9. The highest BCUT2D eigenvalue weighted by Crippen LogP contribution is 2.18. The van der Waals surface area contributed by atoms with E-state index in [4.69, 9.17) is 4.42 Å². The molecule has 0 atom stereocenters. The number of nitrogens with one attached hydrogen (secondary N) is 1. The molecule has 0 spiro atoms. The average molecular weight is 384 g/mol. The van der Waals surface area contributed by atoms with E-state index in [2.05, 4.69) is 4.72 Å². The van der Waals surface area contributed by atoms with Crippen molar-refractivity contribution < 1.29 is 17.6 Å². The Morgan fingerprint density at radius 3 is 2.30 bits per heavy atom. The molecule has 2 aromatic carbocycles. The second-order valence-corrected chi connectivity index (χ2v) is 7.89. The molecular weight excluding hydrogens is 364 g/mol. The van der Waals surface area contributed by atoms with Gasteiger partial charge in [0.2, 0.25) is 10.0 Å². The van der Waals surface area contributed by atoms with Crippen molar-refractivity contribution in [1.82, 2.24) is 4.72 Å². The molecule has 0 saturated carbocycles. The smallest absolute Gasteiger partial charge is 0.258 e. The van der Waals surface area contributed by atoms with Crippen molar-refractivity contribution in [3.63, 3.8) is 0 Å². The third-order valence-corrected chi connectivity index (χ3v) is 5.57. The number of rotatable bonds is 6. The number of sulfonamides is 1. The van der Waals surface area contributed by atoms with Gasteiger partial charge in [-0.25, -0.2) is 13.1 Å². The molecule has 0 unspecified atom stereocenters. The van der Waals surface area contributed by atoms with Gasteiger partial charge >= 0.3 is 0 Å². The molecule has 0 bridgehead atoms. The van der Waals surface area contributed by atoms with Crippen LogP contribution in [0.15, 0.2) is 76.2 Å². The van der Waals surface area contributed by atoms with Crippen molar-refractivity contribution in [2.75, 3.05) is 11.9 Å². The molecule has 6 nitrogen and oxygen atoms in total. The number of nitrogens with zero attached hydrogens (tertiary/aromatic N) is 1. The quantitative estimate of drug-likeness (QED) is 0.707. The van der Waals surface area contributed by atoms with Crippen molar-refractivity contribution in [2.24, 2.45) is 0 Å². The summed E-state index contributed by atoms with van der Waals surface area (Å²) in [6.07, 6.45) is 1.48. The van der Waals surface area contributed by atoms with Crippen LogP contribution < -0.4 is 9.62 Å². The van der Waals surface area contributed by atoms with Crippen LogP contribution in [0.5, 0.6) is 0 Å². The zero-order valence-electron chi connectivity index (χ0n) is 15.0. The Morgan fingerprint density at radius 2 is 1.70 bits per heavy atom. The molecular formula is C20H20N2O4S. The summed E-state index contributed by atoms with van der Waals surface area (Å²) in [4.78, 5) is 14.2. The van der Waals surface area contributed by atoms with Crippen LogP contribution in [-0.2, 0) is 16.6 Å². The van der Waals surface area contributed by atoms with Gasteiger partial charge in [-0.05, 0) is 55.5 Å². The highest BCUT2D eigenvalue weighted by molar-refractivity contribution is 7.89. The molecule has 1 heterocycles. The fourth-order valence-electron chi connectivity index (χ4n) is 2.52. The van der Waals surface area contributed by atoms with Gasteiger partial charge < -0.3 is 9.32 Å².